The molecule has 0 aliphatic carbocycles. The van der Waals surface area contributed by atoms with Crippen molar-refractivity contribution >= 4 is 0 Å². The van der Waals surface area contributed by atoms with Gasteiger partial charge in [-0.25, -0.2) is 0 Å². The molecule has 1 N–H and O–H groups in total. The summed E-state index contributed by atoms with van der Waals surface area (Å²) < 4.78 is 5.50. The standard InChI is InChI=1S/C14H26N4O/c1-4-14(9-7-10-15-14)13-16-12(17-19-13)8-11-18(5-2)6-3/h15H,4-11H2,1-3H3. The lowest BCUT2D eigenvalue weighted by Crippen LogP contribution is -2.36. The normalized spacial score (nSPS) is 23.4. The Morgan fingerprint density at radius 1 is 1.32 bits per heavy atom. The predicted molar refractivity (Wildman–Crippen MR) is 75.0 cm³/mol. The first-order chi connectivity index (χ1) is 9.24. The van der Waals surface area contributed by atoms with Crippen LogP contribution < -0.4 is 5.32 Å². The minimum absolute atomic E-state index is 0.0690. The molecule has 2 rings (SSSR count). The molecule has 5 heteroatoms. The van der Waals surface area contributed by atoms with Gasteiger partial charge in [-0.05, 0) is 38.9 Å². The van der Waals surface area contributed by atoms with E-state index >= 15 is 0 Å². The van der Waals surface area contributed by atoms with Crippen molar-refractivity contribution in [2.24, 2.45) is 0 Å². The lowest BCUT2D eigenvalue weighted by atomic mass is 9.94. The fourth-order valence-corrected chi connectivity index (χ4v) is 2.79. The molecular formula is C14H26N4O. The van der Waals surface area contributed by atoms with Crippen molar-refractivity contribution in [1.82, 2.24) is 20.4 Å². The van der Waals surface area contributed by atoms with Gasteiger partial charge >= 0.3 is 0 Å². The number of likely N-dealkylation sites (N-methyl/N-ethyl adjacent to an activating group) is 1. The second-order valence-corrected chi connectivity index (χ2v) is 5.26. The van der Waals surface area contributed by atoms with Gasteiger partial charge in [-0.3, -0.25) is 0 Å². The van der Waals surface area contributed by atoms with E-state index in [1.807, 2.05) is 0 Å². The topological polar surface area (TPSA) is 54.2 Å². The molecule has 1 fully saturated rings. The summed E-state index contributed by atoms with van der Waals surface area (Å²) >= 11 is 0. The predicted octanol–water partition coefficient (Wildman–Crippen LogP) is 1.94. The molecule has 1 aliphatic rings. The second-order valence-electron chi connectivity index (χ2n) is 5.26. The molecule has 1 saturated heterocycles. The highest BCUT2D eigenvalue weighted by molar-refractivity contribution is 5.06. The van der Waals surface area contributed by atoms with E-state index in [0.717, 1.165) is 57.2 Å². The van der Waals surface area contributed by atoms with Gasteiger partial charge in [0.05, 0.1) is 5.54 Å². The highest BCUT2D eigenvalue weighted by Crippen LogP contribution is 2.32. The lowest BCUT2D eigenvalue weighted by Gasteiger charge is -2.22. The number of hydrogen-bond donors (Lipinski definition) is 1. The minimum atomic E-state index is -0.0690. The summed E-state index contributed by atoms with van der Waals surface area (Å²) in [6, 6.07) is 0. The molecule has 0 bridgehead atoms. The molecule has 2 heterocycles. The maximum atomic E-state index is 5.50. The van der Waals surface area contributed by atoms with E-state index in [1.54, 1.807) is 0 Å². The number of nitrogens with zero attached hydrogens (tertiary/aromatic N) is 3. The number of hydrogen-bond acceptors (Lipinski definition) is 5. The van der Waals surface area contributed by atoms with Crippen molar-refractivity contribution in [3.8, 4) is 0 Å². The SMILES string of the molecule is CCN(CC)CCc1noc(C2(CC)CCCN2)n1. The van der Waals surface area contributed by atoms with Gasteiger partial charge in [-0.1, -0.05) is 25.9 Å². The molecule has 0 saturated carbocycles. The molecule has 1 atom stereocenters. The summed E-state index contributed by atoms with van der Waals surface area (Å²) in [5, 5.41) is 7.67. The number of rotatable bonds is 7. The molecule has 1 aromatic heterocycles. The van der Waals surface area contributed by atoms with E-state index < -0.39 is 0 Å². The van der Waals surface area contributed by atoms with Crippen LogP contribution in [-0.4, -0.2) is 41.2 Å². The van der Waals surface area contributed by atoms with Gasteiger partial charge in [-0.2, -0.15) is 4.98 Å². The van der Waals surface area contributed by atoms with Crippen LogP contribution in [0.1, 0.15) is 51.7 Å². The third kappa shape index (κ3) is 3.15. The molecule has 5 nitrogen and oxygen atoms in total. The Kier molecular flexibility index (Phi) is 4.93. The first-order valence-corrected chi connectivity index (χ1v) is 7.54. The summed E-state index contributed by atoms with van der Waals surface area (Å²) in [5.74, 6) is 1.62. The van der Waals surface area contributed by atoms with E-state index in [1.165, 1.54) is 6.42 Å². The van der Waals surface area contributed by atoms with E-state index in [-0.39, 0.29) is 5.54 Å². The molecule has 0 radical (unpaired) electrons. The highest BCUT2D eigenvalue weighted by atomic mass is 16.5. The van der Waals surface area contributed by atoms with E-state index in [2.05, 4.69) is 41.1 Å². The lowest BCUT2D eigenvalue weighted by molar-refractivity contribution is 0.248. The minimum Gasteiger partial charge on any atom is -0.337 e. The van der Waals surface area contributed by atoms with Crippen molar-refractivity contribution in [2.45, 2.75) is 52.0 Å². The summed E-state index contributed by atoms with van der Waals surface area (Å²) in [4.78, 5) is 6.98. The Bertz CT molecular complexity index is 381. The fourth-order valence-electron chi connectivity index (χ4n) is 2.79. The van der Waals surface area contributed by atoms with Crippen molar-refractivity contribution < 1.29 is 4.52 Å². The molecule has 1 aromatic rings. The Balaban J connectivity index is 1.98. The smallest absolute Gasteiger partial charge is 0.246 e. The Morgan fingerprint density at radius 3 is 2.68 bits per heavy atom. The van der Waals surface area contributed by atoms with E-state index in [4.69, 9.17) is 4.52 Å². The molecule has 19 heavy (non-hydrogen) atoms. The van der Waals surface area contributed by atoms with Gasteiger partial charge in [-0.15, -0.1) is 0 Å². The van der Waals surface area contributed by atoms with Crippen molar-refractivity contribution in [3.63, 3.8) is 0 Å². The average Bonchev–Trinajstić information content (AvgIpc) is 3.09. The molecule has 1 unspecified atom stereocenters. The van der Waals surface area contributed by atoms with Crippen LogP contribution in [0.3, 0.4) is 0 Å². The monoisotopic (exact) mass is 266 g/mol. The van der Waals surface area contributed by atoms with Crippen LogP contribution >= 0.6 is 0 Å². The third-order valence-electron chi connectivity index (χ3n) is 4.27. The zero-order chi connectivity index (χ0) is 13.7. The molecule has 0 aromatic carbocycles. The molecule has 0 spiro atoms. The van der Waals surface area contributed by atoms with E-state index in [9.17, 15) is 0 Å². The van der Waals surface area contributed by atoms with Gasteiger partial charge in [0.25, 0.3) is 0 Å². The first kappa shape index (κ1) is 14.5. The summed E-state index contributed by atoms with van der Waals surface area (Å²) in [7, 11) is 0. The molecular weight excluding hydrogens is 240 g/mol. The quantitative estimate of drug-likeness (QED) is 0.817. The second kappa shape index (κ2) is 6.48. The van der Waals surface area contributed by atoms with Gasteiger partial charge in [0.15, 0.2) is 5.82 Å². The van der Waals surface area contributed by atoms with Gasteiger partial charge < -0.3 is 14.7 Å². The average molecular weight is 266 g/mol. The largest absolute Gasteiger partial charge is 0.337 e. The zero-order valence-electron chi connectivity index (χ0n) is 12.4. The van der Waals surface area contributed by atoms with Crippen LogP contribution in [0.4, 0.5) is 0 Å². The Hall–Kier alpha value is -0.940. The van der Waals surface area contributed by atoms with Crippen LogP contribution in [-0.2, 0) is 12.0 Å². The van der Waals surface area contributed by atoms with Crippen molar-refractivity contribution in [1.29, 1.82) is 0 Å². The maximum absolute atomic E-state index is 5.50. The van der Waals surface area contributed by atoms with Crippen LogP contribution in [0.25, 0.3) is 0 Å². The molecule has 1 aliphatic heterocycles. The Labute approximate surface area is 115 Å². The van der Waals surface area contributed by atoms with Gasteiger partial charge in [0.2, 0.25) is 5.89 Å². The van der Waals surface area contributed by atoms with Gasteiger partial charge in [0.1, 0.15) is 0 Å². The van der Waals surface area contributed by atoms with Crippen LogP contribution in [0, 0.1) is 0 Å². The van der Waals surface area contributed by atoms with Crippen LogP contribution in [0.2, 0.25) is 0 Å². The van der Waals surface area contributed by atoms with Crippen LogP contribution in [0.5, 0.6) is 0 Å². The number of aromatic nitrogens is 2. The molecule has 108 valence electrons. The zero-order valence-corrected chi connectivity index (χ0v) is 12.4. The molecule has 0 amide bonds. The van der Waals surface area contributed by atoms with Crippen molar-refractivity contribution in [3.05, 3.63) is 11.7 Å². The summed E-state index contributed by atoms with van der Waals surface area (Å²) in [5.41, 5.74) is -0.0690. The van der Waals surface area contributed by atoms with Crippen molar-refractivity contribution in [2.75, 3.05) is 26.2 Å². The van der Waals surface area contributed by atoms with E-state index in [0.29, 0.717) is 0 Å². The summed E-state index contributed by atoms with van der Waals surface area (Å²) in [6.45, 7) is 10.7. The Morgan fingerprint density at radius 2 is 2.11 bits per heavy atom. The fraction of sp³-hybridized carbons (Fsp3) is 0.857. The van der Waals surface area contributed by atoms with Crippen LogP contribution in [0.15, 0.2) is 4.52 Å². The van der Waals surface area contributed by atoms with Gasteiger partial charge in [0, 0.05) is 13.0 Å². The summed E-state index contributed by atoms with van der Waals surface area (Å²) in [6.07, 6.45) is 4.15. The maximum Gasteiger partial charge on any atom is 0.246 e. The highest BCUT2D eigenvalue weighted by Gasteiger charge is 2.38. The third-order valence-corrected chi connectivity index (χ3v) is 4.27. The first-order valence-electron chi connectivity index (χ1n) is 7.54. The number of nitrogens with one attached hydrogen (secondary N) is 1.